The molecule has 14 heavy (non-hydrogen) atoms. The largest absolute Gasteiger partial charge is 0.257 e. The second-order valence-electron chi connectivity index (χ2n) is 4.34. The van der Waals surface area contributed by atoms with E-state index < -0.39 is 8.07 Å². The zero-order valence-corrected chi connectivity index (χ0v) is 10.1. The molecule has 0 spiro atoms. The van der Waals surface area contributed by atoms with Crippen LogP contribution in [0.1, 0.15) is 5.69 Å². The second-order valence-corrected chi connectivity index (χ2v) is 9.40. The molecule has 0 aliphatic heterocycles. The van der Waals surface area contributed by atoms with Crippen LogP contribution in [0.3, 0.4) is 0 Å². The molecule has 0 aliphatic carbocycles. The maximum Gasteiger partial charge on any atom is 0.0687 e. The number of pyridine rings is 1. The molecule has 1 nitrogen and oxygen atoms in total. The Kier molecular flexibility index (Phi) is 3.83. The quantitative estimate of drug-likeness (QED) is 0.541. The molecule has 0 fully saturated rings. The third-order valence-corrected chi connectivity index (χ3v) is 2.85. The molecule has 0 radical (unpaired) electrons. The van der Waals surface area contributed by atoms with Crippen molar-refractivity contribution in [3.8, 4) is 0 Å². The predicted octanol–water partition coefficient (Wildman–Crippen LogP) is 3.53. The molecule has 1 aromatic heterocycles. The van der Waals surface area contributed by atoms with Gasteiger partial charge in [-0.25, -0.2) is 0 Å². The minimum absolute atomic E-state index is 1.01. The average Bonchev–Trinajstić information content (AvgIpc) is 2.13. The van der Waals surface area contributed by atoms with E-state index in [0.29, 0.717) is 0 Å². The Hall–Kier alpha value is -1.15. The van der Waals surface area contributed by atoms with E-state index in [-0.39, 0.29) is 0 Å². The number of nitrogens with zero attached hydrogens (tertiary/aromatic N) is 1. The number of aromatic nitrogens is 1. The molecule has 0 atom stereocenters. The van der Waals surface area contributed by atoms with Gasteiger partial charge in [-0.1, -0.05) is 43.6 Å². The van der Waals surface area contributed by atoms with Crippen molar-refractivity contribution in [1.82, 2.24) is 4.98 Å². The van der Waals surface area contributed by atoms with Crippen LogP contribution < -0.4 is 0 Å². The highest BCUT2D eigenvalue weighted by atomic mass is 28.3. The van der Waals surface area contributed by atoms with E-state index >= 15 is 0 Å². The van der Waals surface area contributed by atoms with E-state index in [2.05, 4.69) is 42.5 Å². The number of rotatable bonds is 3. The number of allylic oxidation sites excluding steroid dienone is 2. The minimum atomic E-state index is -1.05. The Bertz CT molecular complexity index is 320. The zero-order chi connectivity index (χ0) is 10.4. The minimum Gasteiger partial charge on any atom is -0.257 e. The van der Waals surface area contributed by atoms with Crippen molar-refractivity contribution in [2.75, 3.05) is 0 Å². The molecule has 1 rings (SSSR count). The number of hydrogen-bond acceptors (Lipinski definition) is 1. The van der Waals surface area contributed by atoms with E-state index in [0.717, 1.165) is 5.69 Å². The van der Waals surface area contributed by atoms with Crippen molar-refractivity contribution in [2.24, 2.45) is 0 Å². The van der Waals surface area contributed by atoms with Crippen molar-refractivity contribution in [1.29, 1.82) is 0 Å². The van der Waals surface area contributed by atoms with E-state index in [1.54, 1.807) is 0 Å². The molecule has 0 aromatic carbocycles. The molecule has 1 aromatic rings. The van der Waals surface area contributed by atoms with E-state index in [9.17, 15) is 0 Å². The van der Waals surface area contributed by atoms with Crippen molar-refractivity contribution in [3.05, 3.63) is 47.9 Å². The Labute approximate surface area is 87.2 Å². The third kappa shape index (κ3) is 4.77. The summed E-state index contributed by atoms with van der Waals surface area (Å²) < 4.78 is 0. The van der Waals surface area contributed by atoms with Gasteiger partial charge in [-0.05, 0) is 18.2 Å². The standard InChI is InChI=1S/C12H17NSi/c1-14(2,3)11-7-5-9-12-8-4-6-10-13-12/h4-11H,1-3H3. The van der Waals surface area contributed by atoms with Gasteiger partial charge in [0.25, 0.3) is 0 Å². The Morgan fingerprint density at radius 2 is 1.93 bits per heavy atom. The summed E-state index contributed by atoms with van der Waals surface area (Å²) in [6, 6.07) is 5.92. The summed E-state index contributed by atoms with van der Waals surface area (Å²) in [5.74, 6) is 0. The lowest BCUT2D eigenvalue weighted by Gasteiger charge is -2.06. The summed E-state index contributed by atoms with van der Waals surface area (Å²) in [6.45, 7) is 6.95. The maximum absolute atomic E-state index is 4.20. The lowest BCUT2D eigenvalue weighted by Crippen LogP contribution is -2.14. The molecular formula is C12H17NSi. The summed E-state index contributed by atoms with van der Waals surface area (Å²) in [4.78, 5) is 4.20. The molecule has 0 bridgehead atoms. The van der Waals surface area contributed by atoms with Gasteiger partial charge in [-0.15, -0.1) is 0 Å². The van der Waals surface area contributed by atoms with Crippen LogP contribution >= 0.6 is 0 Å². The van der Waals surface area contributed by atoms with Gasteiger partial charge in [-0.3, -0.25) is 4.98 Å². The average molecular weight is 203 g/mol. The number of hydrogen-bond donors (Lipinski definition) is 0. The maximum atomic E-state index is 4.20. The van der Waals surface area contributed by atoms with Crippen LogP contribution in [-0.2, 0) is 0 Å². The highest BCUT2D eigenvalue weighted by Gasteiger charge is 2.05. The van der Waals surface area contributed by atoms with Crippen molar-refractivity contribution in [3.63, 3.8) is 0 Å². The van der Waals surface area contributed by atoms with Gasteiger partial charge in [-0.2, -0.15) is 0 Å². The molecule has 0 unspecified atom stereocenters. The first-order valence-corrected chi connectivity index (χ1v) is 8.43. The fraction of sp³-hybridized carbons (Fsp3) is 0.250. The first-order chi connectivity index (χ1) is 6.58. The normalized spacial score (nSPS) is 12.8. The van der Waals surface area contributed by atoms with Crippen LogP contribution in [0.2, 0.25) is 19.6 Å². The van der Waals surface area contributed by atoms with Crippen LogP contribution in [0.5, 0.6) is 0 Å². The topological polar surface area (TPSA) is 12.9 Å². The van der Waals surface area contributed by atoms with Gasteiger partial charge >= 0.3 is 0 Å². The molecule has 2 heteroatoms. The lowest BCUT2D eigenvalue weighted by molar-refractivity contribution is 1.30. The molecule has 0 saturated carbocycles. The molecule has 1 heterocycles. The van der Waals surface area contributed by atoms with Crippen LogP contribution in [0.4, 0.5) is 0 Å². The molecule has 0 saturated heterocycles. The van der Waals surface area contributed by atoms with Crippen LogP contribution in [0.25, 0.3) is 6.08 Å². The smallest absolute Gasteiger partial charge is 0.0687 e. The lowest BCUT2D eigenvalue weighted by atomic mass is 10.3. The Morgan fingerprint density at radius 1 is 1.14 bits per heavy atom. The van der Waals surface area contributed by atoms with Gasteiger partial charge in [0, 0.05) is 6.20 Å². The second kappa shape index (κ2) is 4.91. The summed E-state index contributed by atoms with van der Waals surface area (Å²) in [5.41, 5.74) is 3.32. The SMILES string of the molecule is C[Si](C)(C)C=CC=Cc1ccccn1. The van der Waals surface area contributed by atoms with Crippen LogP contribution in [-0.4, -0.2) is 13.1 Å². The van der Waals surface area contributed by atoms with Gasteiger partial charge in [0.15, 0.2) is 0 Å². The summed E-state index contributed by atoms with van der Waals surface area (Å²) in [6.07, 6.45) is 8.01. The zero-order valence-electron chi connectivity index (χ0n) is 9.07. The summed E-state index contributed by atoms with van der Waals surface area (Å²) in [7, 11) is -1.05. The van der Waals surface area contributed by atoms with E-state index in [1.807, 2.05) is 30.5 Å². The molecular weight excluding hydrogens is 186 g/mol. The monoisotopic (exact) mass is 203 g/mol. The fourth-order valence-electron chi connectivity index (χ4n) is 0.973. The van der Waals surface area contributed by atoms with Gasteiger partial charge in [0.05, 0.1) is 13.8 Å². The highest BCUT2D eigenvalue weighted by molar-refractivity contribution is 6.81. The van der Waals surface area contributed by atoms with Gasteiger partial charge < -0.3 is 0 Å². The highest BCUT2D eigenvalue weighted by Crippen LogP contribution is 2.02. The van der Waals surface area contributed by atoms with Crippen LogP contribution in [0.15, 0.2) is 42.2 Å². The Balaban J connectivity index is 2.54. The third-order valence-electron chi connectivity index (χ3n) is 1.66. The predicted molar refractivity (Wildman–Crippen MR) is 65.8 cm³/mol. The van der Waals surface area contributed by atoms with Gasteiger partial charge in [0.2, 0.25) is 0 Å². The van der Waals surface area contributed by atoms with Crippen molar-refractivity contribution in [2.45, 2.75) is 19.6 Å². The van der Waals surface area contributed by atoms with E-state index in [4.69, 9.17) is 0 Å². The molecule has 0 aliphatic rings. The van der Waals surface area contributed by atoms with E-state index in [1.165, 1.54) is 0 Å². The molecule has 0 amide bonds. The Morgan fingerprint density at radius 3 is 2.50 bits per heavy atom. The van der Waals surface area contributed by atoms with Crippen LogP contribution in [0, 0.1) is 0 Å². The molecule has 74 valence electrons. The molecule has 0 N–H and O–H groups in total. The van der Waals surface area contributed by atoms with Crippen molar-refractivity contribution < 1.29 is 0 Å². The first kappa shape index (κ1) is 10.9. The summed E-state index contributed by atoms with van der Waals surface area (Å²) in [5, 5.41) is 0. The first-order valence-electron chi connectivity index (χ1n) is 4.85. The van der Waals surface area contributed by atoms with Crippen molar-refractivity contribution >= 4 is 14.1 Å². The summed E-state index contributed by atoms with van der Waals surface area (Å²) >= 11 is 0. The fourth-order valence-corrected chi connectivity index (χ4v) is 1.66. The van der Waals surface area contributed by atoms with Gasteiger partial charge in [0.1, 0.15) is 0 Å².